The highest BCUT2D eigenvalue weighted by Gasteiger charge is 2.13. The molecule has 0 aliphatic rings. The van der Waals surface area contributed by atoms with Crippen LogP contribution in [0.2, 0.25) is 0 Å². The van der Waals surface area contributed by atoms with Crippen molar-refractivity contribution in [3.8, 4) is 0 Å². The van der Waals surface area contributed by atoms with Crippen LogP contribution in [-0.2, 0) is 11.3 Å². The van der Waals surface area contributed by atoms with Crippen molar-refractivity contribution in [2.24, 2.45) is 0 Å². The fourth-order valence-electron chi connectivity index (χ4n) is 0.853. The summed E-state index contributed by atoms with van der Waals surface area (Å²) in [6.07, 6.45) is 0. The third kappa shape index (κ3) is 2.29. The fourth-order valence-corrected chi connectivity index (χ4v) is 0.853. The van der Waals surface area contributed by atoms with Crippen LogP contribution in [0.4, 0.5) is 0 Å². The van der Waals surface area contributed by atoms with Crippen LogP contribution in [-0.4, -0.2) is 37.2 Å². The zero-order valence-electron chi connectivity index (χ0n) is 7.90. The Bertz CT molecular complexity index is 293. The average molecular weight is 184 g/mol. The summed E-state index contributed by atoms with van der Waals surface area (Å²) in [7, 11) is 4.87. The Kier molecular flexibility index (Phi) is 3.02. The molecular formula is C8H12N2O3. The predicted octanol–water partition coefficient (Wildman–Crippen LogP) is 0.523. The Labute approximate surface area is 76.3 Å². The minimum absolute atomic E-state index is 0.175. The maximum atomic E-state index is 11.3. The molecule has 1 rings (SSSR count). The van der Waals surface area contributed by atoms with E-state index in [0.717, 1.165) is 0 Å². The predicted molar refractivity (Wildman–Crippen MR) is 45.2 cm³/mol. The van der Waals surface area contributed by atoms with Crippen LogP contribution >= 0.6 is 0 Å². The van der Waals surface area contributed by atoms with Gasteiger partial charge in [0.15, 0.2) is 11.5 Å². The van der Waals surface area contributed by atoms with E-state index in [4.69, 9.17) is 9.26 Å². The molecule has 0 N–H and O–H groups in total. The van der Waals surface area contributed by atoms with Crippen molar-refractivity contribution in [3.05, 3.63) is 17.5 Å². The third-order valence-electron chi connectivity index (χ3n) is 1.47. The Hall–Kier alpha value is -1.36. The molecule has 0 bridgehead atoms. The van der Waals surface area contributed by atoms with E-state index < -0.39 is 0 Å². The molecule has 1 aromatic heterocycles. The van der Waals surface area contributed by atoms with Crippen molar-refractivity contribution >= 4 is 5.91 Å². The first-order valence-electron chi connectivity index (χ1n) is 3.81. The number of amides is 1. The maximum Gasteiger partial charge on any atom is 0.275 e. The standard InChI is InChI=1S/C8H12N2O3/c1-10(2)8(11)7-4-6(5-12-3)13-9-7/h4H,5H2,1-3H3. The van der Waals surface area contributed by atoms with Crippen LogP contribution < -0.4 is 0 Å². The Morgan fingerprint density at radius 3 is 2.92 bits per heavy atom. The van der Waals surface area contributed by atoms with E-state index in [9.17, 15) is 4.79 Å². The molecule has 0 saturated carbocycles. The van der Waals surface area contributed by atoms with Crippen molar-refractivity contribution < 1.29 is 14.1 Å². The second-order valence-corrected chi connectivity index (χ2v) is 2.81. The molecule has 0 spiro atoms. The lowest BCUT2D eigenvalue weighted by Crippen LogP contribution is -2.21. The molecule has 0 aromatic carbocycles. The number of carbonyl (C=O) groups excluding carboxylic acids is 1. The molecule has 5 heteroatoms. The molecule has 0 aliphatic heterocycles. The van der Waals surface area contributed by atoms with Gasteiger partial charge in [0.1, 0.15) is 6.61 Å². The molecule has 1 amide bonds. The van der Waals surface area contributed by atoms with E-state index in [1.165, 1.54) is 4.90 Å². The van der Waals surface area contributed by atoms with E-state index >= 15 is 0 Å². The monoisotopic (exact) mass is 184 g/mol. The van der Waals surface area contributed by atoms with E-state index in [2.05, 4.69) is 5.16 Å². The first kappa shape index (κ1) is 9.73. The lowest BCUT2D eigenvalue weighted by molar-refractivity contribution is 0.0817. The van der Waals surface area contributed by atoms with Crippen LogP contribution in [0.3, 0.4) is 0 Å². The molecule has 5 nitrogen and oxygen atoms in total. The van der Waals surface area contributed by atoms with Gasteiger partial charge in [0, 0.05) is 27.3 Å². The smallest absolute Gasteiger partial charge is 0.275 e. The summed E-state index contributed by atoms with van der Waals surface area (Å²) in [5.74, 6) is 0.374. The summed E-state index contributed by atoms with van der Waals surface area (Å²) in [6, 6.07) is 1.58. The first-order chi connectivity index (χ1) is 6.15. The van der Waals surface area contributed by atoms with Gasteiger partial charge >= 0.3 is 0 Å². The molecule has 0 saturated heterocycles. The molecule has 0 unspecified atom stereocenters. The fraction of sp³-hybridized carbons (Fsp3) is 0.500. The maximum absolute atomic E-state index is 11.3. The number of nitrogens with zero attached hydrogens (tertiary/aromatic N) is 2. The highest BCUT2D eigenvalue weighted by Crippen LogP contribution is 2.06. The molecule has 1 aromatic rings. The van der Waals surface area contributed by atoms with Crippen molar-refractivity contribution in [3.63, 3.8) is 0 Å². The summed E-state index contributed by atoms with van der Waals surface area (Å²) in [5, 5.41) is 3.61. The first-order valence-corrected chi connectivity index (χ1v) is 3.81. The van der Waals surface area contributed by atoms with Crippen molar-refractivity contribution in [1.82, 2.24) is 10.1 Å². The Balaban J connectivity index is 2.73. The molecule has 72 valence electrons. The zero-order valence-corrected chi connectivity index (χ0v) is 7.90. The second-order valence-electron chi connectivity index (χ2n) is 2.81. The number of methoxy groups -OCH3 is 1. The second kappa shape index (κ2) is 4.04. The third-order valence-corrected chi connectivity index (χ3v) is 1.47. The molecule has 0 radical (unpaired) electrons. The number of ether oxygens (including phenoxy) is 1. The van der Waals surface area contributed by atoms with E-state index in [0.29, 0.717) is 18.1 Å². The normalized spacial score (nSPS) is 10.1. The van der Waals surface area contributed by atoms with Gasteiger partial charge in [0.2, 0.25) is 0 Å². The van der Waals surface area contributed by atoms with Crippen LogP contribution in [0.15, 0.2) is 10.6 Å². The molecule has 1 heterocycles. The van der Waals surface area contributed by atoms with Gasteiger partial charge in [-0.1, -0.05) is 5.16 Å². The van der Waals surface area contributed by atoms with Gasteiger partial charge in [0.25, 0.3) is 5.91 Å². The molecular weight excluding hydrogens is 172 g/mol. The van der Waals surface area contributed by atoms with Gasteiger partial charge in [-0.15, -0.1) is 0 Å². The summed E-state index contributed by atoms with van der Waals surface area (Å²) >= 11 is 0. The largest absolute Gasteiger partial charge is 0.377 e. The van der Waals surface area contributed by atoms with E-state index in [-0.39, 0.29) is 5.91 Å². The van der Waals surface area contributed by atoms with Gasteiger partial charge in [0.05, 0.1) is 0 Å². The zero-order chi connectivity index (χ0) is 9.84. The SMILES string of the molecule is COCc1cc(C(=O)N(C)C)no1. The topological polar surface area (TPSA) is 55.6 Å². The summed E-state index contributed by atoms with van der Waals surface area (Å²) in [5.41, 5.74) is 0.303. The number of hydrogen-bond donors (Lipinski definition) is 0. The molecule has 0 fully saturated rings. The van der Waals surface area contributed by atoms with Crippen LogP contribution in [0.25, 0.3) is 0 Å². The minimum Gasteiger partial charge on any atom is -0.377 e. The molecule has 0 atom stereocenters. The summed E-state index contributed by atoms with van der Waals surface area (Å²) < 4.78 is 9.68. The molecule has 0 aliphatic carbocycles. The Morgan fingerprint density at radius 2 is 2.38 bits per heavy atom. The number of rotatable bonds is 3. The summed E-state index contributed by atoms with van der Waals surface area (Å²) in [4.78, 5) is 12.8. The lowest BCUT2D eigenvalue weighted by Gasteiger charge is -2.05. The number of aromatic nitrogens is 1. The van der Waals surface area contributed by atoms with Gasteiger partial charge < -0.3 is 14.2 Å². The van der Waals surface area contributed by atoms with Gasteiger partial charge in [-0.05, 0) is 0 Å². The quantitative estimate of drug-likeness (QED) is 0.687. The van der Waals surface area contributed by atoms with E-state index in [1.54, 1.807) is 27.3 Å². The van der Waals surface area contributed by atoms with E-state index in [1.807, 2.05) is 0 Å². The highest BCUT2D eigenvalue weighted by molar-refractivity contribution is 5.91. The van der Waals surface area contributed by atoms with Crippen molar-refractivity contribution in [2.75, 3.05) is 21.2 Å². The van der Waals surface area contributed by atoms with Gasteiger partial charge in [-0.25, -0.2) is 0 Å². The number of hydrogen-bond acceptors (Lipinski definition) is 4. The summed E-state index contributed by atoms with van der Waals surface area (Å²) in [6.45, 7) is 0.327. The number of carbonyl (C=O) groups is 1. The van der Waals surface area contributed by atoms with Crippen LogP contribution in [0.1, 0.15) is 16.2 Å². The average Bonchev–Trinajstić information content (AvgIpc) is 2.52. The van der Waals surface area contributed by atoms with Crippen molar-refractivity contribution in [2.45, 2.75) is 6.61 Å². The highest BCUT2D eigenvalue weighted by atomic mass is 16.5. The lowest BCUT2D eigenvalue weighted by atomic mass is 10.3. The van der Waals surface area contributed by atoms with Gasteiger partial charge in [-0.3, -0.25) is 4.79 Å². The minimum atomic E-state index is -0.175. The Morgan fingerprint density at radius 1 is 1.69 bits per heavy atom. The molecule has 13 heavy (non-hydrogen) atoms. The van der Waals surface area contributed by atoms with Crippen LogP contribution in [0.5, 0.6) is 0 Å². The van der Waals surface area contributed by atoms with Crippen molar-refractivity contribution in [1.29, 1.82) is 0 Å². The van der Waals surface area contributed by atoms with Crippen LogP contribution in [0, 0.1) is 0 Å². The van der Waals surface area contributed by atoms with Gasteiger partial charge in [-0.2, -0.15) is 0 Å².